The zero-order chi connectivity index (χ0) is 25.6. The lowest BCUT2D eigenvalue weighted by molar-refractivity contribution is -0.133. The van der Waals surface area contributed by atoms with Gasteiger partial charge in [-0.1, -0.05) is 31.0 Å². The van der Waals surface area contributed by atoms with Gasteiger partial charge in [-0.2, -0.15) is 0 Å². The summed E-state index contributed by atoms with van der Waals surface area (Å²) < 4.78 is 21.4. The van der Waals surface area contributed by atoms with E-state index in [-0.39, 0.29) is 34.6 Å². The quantitative estimate of drug-likeness (QED) is 0.503. The number of ether oxygens (including phenoxy) is 1. The third kappa shape index (κ3) is 4.62. The molecule has 1 aromatic heterocycles. The van der Waals surface area contributed by atoms with Crippen LogP contribution in [0.2, 0.25) is 0 Å². The summed E-state index contributed by atoms with van der Waals surface area (Å²) in [6, 6.07) is 4.78. The van der Waals surface area contributed by atoms with Crippen LogP contribution in [-0.2, 0) is 16.1 Å². The molecular weight excluding hydrogens is 457 g/mol. The van der Waals surface area contributed by atoms with Crippen molar-refractivity contribution in [1.82, 2.24) is 15.0 Å². The molecule has 0 saturated heterocycles. The molecule has 3 saturated carbocycles. The average Bonchev–Trinajstić information content (AvgIpc) is 3.42. The highest BCUT2D eigenvalue weighted by molar-refractivity contribution is 5.84. The molecule has 0 amide bonds. The number of hydrogen-bond acceptors (Lipinski definition) is 5. The van der Waals surface area contributed by atoms with Crippen LogP contribution in [0.5, 0.6) is 0 Å². The molecular formula is C29H42FN3O3. The van der Waals surface area contributed by atoms with E-state index in [1.807, 2.05) is 14.0 Å². The highest BCUT2D eigenvalue weighted by Crippen LogP contribution is 2.58. The number of hydrogen-bond donors (Lipinski definition) is 1. The van der Waals surface area contributed by atoms with Crippen molar-refractivity contribution in [3.63, 3.8) is 0 Å². The maximum absolute atomic E-state index is 14.1. The number of aromatic nitrogens is 3. The zero-order valence-corrected chi connectivity index (χ0v) is 22.1. The van der Waals surface area contributed by atoms with Gasteiger partial charge >= 0.3 is 0 Å². The Kier molecular flexibility index (Phi) is 7.01. The van der Waals surface area contributed by atoms with Crippen molar-refractivity contribution in [2.45, 2.75) is 96.6 Å². The third-order valence-electron chi connectivity index (χ3n) is 10.3. The van der Waals surface area contributed by atoms with Gasteiger partial charge in [0.2, 0.25) is 0 Å². The Morgan fingerprint density at radius 2 is 2.03 bits per heavy atom. The summed E-state index contributed by atoms with van der Waals surface area (Å²) in [5, 5.41) is 18.9. The average molecular weight is 500 g/mol. The van der Waals surface area contributed by atoms with Gasteiger partial charge in [-0.05, 0) is 99.5 Å². The van der Waals surface area contributed by atoms with Crippen LogP contribution in [0.25, 0.3) is 11.0 Å². The number of benzene rings is 1. The topological polar surface area (TPSA) is 77.2 Å². The van der Waals surface area contributed by atoms with Gasteiger partial charge in [0.1, 0.15) is 12.1 Å². The summed E-state index contributed by atoms with van der Waals surface area (Å²) in [5.74, 6) is 0.859. The van der Waals surface area contributed by atoms with E-state index in [4.69, 9.17) is 4.74 Å². The summed E-state index contributed by atoms with van der Waals surface area (Å²) in [6.07, 6.45) is 11.5. The van der Waals surface area contributed by atoms with Crippen molar-refractivity contribution in [1.29, 1.82) is 0 Å². The van der Waals surface area contributed by atoms with Crippen LogP contribution < -0.4 is 0 Å². The van der Waals surface area contributed by atoms with Gasteiger partial charge in [0.15, 0.2) is 11.6 Å². The fourth-order valence-corrected chi connectivity index (χ4v) is 8.29. The highest BCUT2D eigenvalue weighted by atomic mass is 19.1. The predicted molar refractivity (Wildman–Crippen MR) is 137 cm³/mol. The number of rotatable bonds is 8. The van der Waals surface area contributed by atoms with E-state index in [9.17, 15) is 14.3 Å². The molecule has 0 radical (unpaired) electrons. The summed E-state index contributed by atoms with van der Waals surface area (Å²) in [6.45, 7) is 5.22. The lowest BCUT2D eigenvalue weighted by Crippen LogP contribution is -2.52. The first-order valence-corrected chi connectivity index (χ1v) is 13.9. The summed E-state index contributed by atoms with van der Waals surface area (Å²) in [7, 11) is 1.82. The van der Waals surface area contributed by atoms with Crippen molar-refractivity contribution in [3.05, 3.63) is 24.0 Å². The number of carbonyl (C=O) groups is 1. The van der Waals surface area contributed by atoms with Crippen LogP contribution in [0.4, 0.5) is 4.39 Å². The fourth-order valence-electron chi connectivity index (χ4n) is 8.29. The van der Waals surface area contributed by atoms with Gasteiger partial charge in [-0.25, -0.2) is 9.07 Å². The van der Waals surface area contributed by atoms with Crippen LogP contribution in [0.15, 0.2) is 18.2 Å². The van der Waals surface area contributed by atoms with Crippen LogP contribution in [0.1, 0.15) is 84.5 Å². The van der Waals surface area contributed by atoms with Gasteiger partial charge in [0.05, 0.1) is 17.7 Å². The minimum Gasteiger partial charge on any atom is -0.390 e. The largest absolute Gasteiger partial charge is 0.390 e. The van der Waals surface area contributed by atoms with Gasteiger partial charge < -0.3 is 9.84 Å². The predicted octanol–water partition coefficient (Wildman–Crippen LogP) is 5.71. The minimum atomic E-state index is -0.562. The van der Waals surface area contributed by atoms with Crippen LogP contribution >= 0.6 is 0 Å². The molecule has 1 heterocycles. The van der Waals surface area contributed by atoms with Crippen molar-refractivity contribution in [2.75, 3.05) is 13.7 Å². The second-order valence-corrected chi connectivity index (χ2v) is 12.7. The second kappa shape index (κ2) is 9.79. The first-order chi connectivity index (χ1) is 17.2. The molecule has 3 fully saturated rings. The molecule has 0 aliphatic heterocycles. The Balaban J connectivity index is 1.29. The Morgan fingerprint density at radius 3 is 2.83 bits per heavy atom. The molecule has 2 aromatic rings. The van der Waals surface area contributed by atoms with E-state index in [2.05, 4.69) is 17.2 Å². The van der Waals surface area contributed by atoms with Crippen molar-refractivity contribution >= 4 is 16.8 Å². The van der Waals surface area contributed by atoms with E-state index in [0.29, 0.717) is 17.4 Å². The number of Topliss-reactive ketones (excluding diaryl/α,β-unsaturated/α-hetero) is 1. The lowest BCUT2D eigenvalue weighted by Gasteiger charge is -2.56. The Labute approximate surface area is 214 Å². The number of aliphatic hydroxyl groups is 1. The number of nitrogens with zero attached hydrogens (tertiary/aromatic N) is 3. The maximum Gasteiger partial charge on any atom is 0.157 e. The molecule has 6 unspecified atom stereocenters. The lowest BCUT2D eigenvalue weighted by atomic mass is 9.51. The molecule has 3 aliphatic rings. The molecule has 0 spiro atoms. The normalized spacial score (nSPS) is 36.8. The molecule has 1 aromatic carbocycles. The van der Waals surface area contributed by atoms with Crippen molar-refractivity contribution < 1.29 is 19.0 Å². The molecule has 6 nitrogen and oxygen atoms in total. The zero-order valence-electron chi connectivity index (χ0n) is 22.1. The number of methoxy groups -OCH3 is 1. The molecule has 6 atom stereocenters. The van der Waals surface area contributed by atoms with Gasteiger partial charge in [0.25, 0.3) is 0 Å². The molecule has 0 bridgehead atoms. The molecule has 36 heavy (non-hydrogen) atoms. The number of ketones is 1. The summed E-state index contributed by atoms with van der Waals surface area (Å²) in [4.78, 5) is 13.5. The van der Waals surface area contributed by atoms with Gasteiger partial charge in [-0.3, -0.25) is 4.79 Å². The number of carbonyl (C=O) groups excluding carboxylic acids is 1. The van der Waals surface area contributed by atoms with E-state index < -0.39 is 11.4 Å². The van der Waals surface area contributed by atoms with Crippen molar-refractivity contribution in [3.8, 4) is 0 Å². The molecule has 3 aliphatic carbocycles. The molecule has 198 valence electrons. The summed E-state index contributed by atoms with van der Waals surface area (Å²) >= 11 is 0. The number of fused-ring (bicyclic) bond motifs is 2. The van der Waals surface area contributed by atoms with Crippen molar-refractivity contribution in [2.24, 2.45) is 28.6 Å². The molecule has 5 rings (SSSR count). The Morgan fingerprint density at radius 1 is 1.19 bits per heavy atom. The molecule has 7 heteroatoms. The summed E-state index contributed by atoms with van der Waals surface area (Å²) in [5.41, 5.74) is 0.355. The smallest absolute Gasteiger partial charge is 0.157 e. The van der Waals surface area contributed by atoms with E-state index >= 15 is 0 Å². The van der Waals surface area contributed by atoms with Gasteiger partial charge in [0, 0.05) is 13.0 Å². The standard InChI is InChI=1S/C29H42FN3O3/c1-27(14-12-20-7-4-8-21-17-28(2,35)15-16-29(20,21)19-36-3)13-6-9-22(27)25(34)18-33-24-11-5-10-23(30)26(24)31-32-33/h5,10-11,20-22,35H,4,6-9,12-19H2,1-3H3. The monoisotopic (exact) mass is 499 g/mol. The van der Waals surface area contributed by atoms with Crippen LogP contribution in [0, 0.1) is 34.4 Å². The van der Waals surface area contributed by atoms with E-state index in [1.54, 1.807) is 16.8 Å². The van der Waals surface area contributed by atoms with E-state index in [0.717, 1.165) is 58.0 Å². The first-order valence-electron chi connectivity index (χ1n) is 13.9. The third-order valence-corrected chi connectivity index (χ3v) is 10.3. The first kappa shape index (κ1) is 25.8. The van der Waals surface area contributed by atoms with Crippen LogP contribution in [0.3, 0.4) is 0 Å². The van der Waals surface area contributed by atoms with E-state index in [1.165, 1.54) is 25.3 Å². The minimum absolute atomic E-state index is 0.00448. The second-order valence-electron chi connectivity index (χ2n) is 12.7. The Bertz CT molecular complexity index is 1100. The maximum atomic E-state index is 14.1. The fraction of sp³-hybridized carbons (Fsp3) is 0.759. The SMILES string of the molecule is COCC12CCC(C)(O)CC1CCCC2CCC1(C)CCCC1C(=O)Cn1nnc2c(F)cccc21. The van der Waals surface area contributed by atoms with Gasteiger partial charge in [-0.15, -0.1) is 5.10 Å². The molecule has 1 N–H and O–H groups in total. The number of halogens is 1. The van der Waals surface area contributed by atoms with Crippen LogP contribution in [-0.4, -0.2) is 45.2 Å². The Hall–Kier alpha value is -1.86. The highest BCUT2D eigenvalue weighted by Gasteiger charge is 2.53.